The van der Waals surface area contributed by atoms with Gasteiger partial charge in [0.15, 0.2) is 0 Å². The molecule has 2 rings (SSSR count). The number of carbonyl (C=O) groups is 1. The Morgan fingerprint density at radius 3 is 2.30 bits per heavy atom. The molecule has 0 spiro atoms. The maximum absolute atomic E-state index is 13.0. The number of alkyl halides is 3. The third-order valence-electron chi connectivity index (χ3n) is 4.56. The van der Waals surface area contributed by atoms with Crippen LogP contribution in [-0.4, -0.2) is 26.6 Å². The summed E-state index contributed by atoms with van der Waals surface area (Å²) in [5, 5.41) is 2.62. The molecule has 0 aliphatic rings. The molecule has 164 valence electrons. The van der Waals surface area contributed by atoms with Crippen LogP contribution < -0.4 is 9.62 Å². The number of aryl methyl sites for hydroxylation is 1. The van der Waals surface area contributed by atoms with E-state index in [4.69, 9.17) is 0 Å². The summed E-state index contributed by atoms with van der Waals surface area (Å²) in [6, 6.07) is 9.80. The topological polar surface area (TPSA) is 66.5 Å². The van der Waals surface area contributed by atoms with Gasteiger partial charge in [0, 0.05) is 5.69 Å². The molecule has 2 aromatic carbocycles. The van der Waals surface area contributed by atoms with Crippen molar-refractivity contribution in [3.8, 4) is 0 Å². The molecule has 1 atom stereocenters. The van der Waals surface area contributed by atoms with E-state index in [2.05, 4.69) is 12.2 Å². The fraction of sp³-hybridized carbons (Fsp3) is 0.381. The van der Waals surface area contributed by atoms with Crippen molar-refractivity contribution < 1.29 is 26.4 Å². The minimum Gasteiger partial charge on any atom is -0.324 e. The van der Waals surface area contributed by atoms with Crippen molar-refractivity contribution in [1.82, 2.24) is 0 Å². The van der Waals surface area contributed by atoms with Crippen LogP contribution in [0.3, 0.4) is 0 Å². The fourth-order valence-corrected chi connectivity index (χ4v) is 4.18. The van der Waals surface area contributed by atoms with Crippen LogP contribution in [0.1, 0.15) is 37.8 Å². The molecule has 0 aliphatic carbocycles. The Morgan fingerprint density at radius 2 is 1.77 bits per heavy atom. The average Bonchev–Trinajstić information content (AvgIpc) is 2.66. The van der Waals surface area contributed by atoms with E-state index in [9.17, 15) is 26.4 Å². The largest absolute Gasteiger partial charge is 0.416 e. The van der Waals surface area contributed by atoms with E-state index in [1.165, 1.54) is 13.0 Å². The third kappa shape index (κ3) is 6.22. The molecule has 0 unspecified atom stereocenters. The molecule has 0 saturated carbocycles. The Hall–Kier alpha value is -2.55. The summed E-state index contributed by atoms with van der Waals surface area (Å²) in [6.07, 6.45) is -0.766. The van der Waals surface area contributed by atoms with Gasteiger partial charge in [-0.05, 0) is 55.7 Å². The predicted octanol–water partition coefficient (Wildman–Crippen LogP) is 4.84. The van der Waals surface area contributed by atoms with Gasteiger partial charge in [-0.3, -0.25) is 9.10 Å². The van der Waals surface area contributed by atoms with Gasteiger partial charge < -0.3 is 5.32 Å². The first-order valence-corrected chi connectivity index (χ1v) is 11.3. The Morgan fingerprint density at radius 1 is 1.13 bits per heavy atom. The first kappa shape index (κ1) is 23.7. The van der Waals surface area contributed by atoms with Gasteiger partial charge >= 0.3 is 6.18 Å². The lowest BCUT2D eigenvalue weighted by Gasteiger charge is -2.28. The first-order valence-electron chi connectivity index (χ1n) is 9.50. The highest BCUT2D eigenvalue weighted by Gasteiger charge is 2.34. The van der Waals surface area contributed by atoms with Crippen LogP contribution in [0.4, 0.5) is 24.5 Å². The monoisotopic (exact) mass is 442 g/mol. The molecule has 0 radical (unpaired) electrons. The van der Waals surface area contributed by atoms with Crippen LogP contribution in [-0.2, 0) is 27.4 Å². The van der Waals surface area contributed by atoms with E-state index in [1.54, 1.807) is 12.1 Å². The fourth-order valence-electron chi connectivity index (χ4n) is 3.01. The van der Waals surface area contributed by atoms with E-state index >= 15 is 0 Å². The van der Waals surface area contributed by atoms with Gasteiger partial charge in [0.2, 0.25) is 15.9 Å². The summed E-state index contributed by atoms with van der Waals surface area (Å²) in [7, 11) is -4.03. The molecule has 9 heteroatoms. The number of amides is 1. The Kier molecular flexibility index (Phi) is 7.52. The van der Waals surface area contributed by atoms with Crippen LogP contribution in [0.5, 0.6) is 0 Å². The van der Waals surface area contributed by atoms with Gasteiger partial charge in [0.1, 0.15) is 6.04 Å². The summed E-state index contributed by atoms with van der Waals surface area (Å²) in [5.74, 6) is -0.654. The summed E-state index contributed by atoms with van der Waals surface area (Å²) < 4.78 is 64.4. The van der Waals surface area contributed by atoms with Gasteiger partial charge in [-0.15, -0.1) is 0 Å². The summed E-state index contributed by atoms with van der Waals surface area (Å²) in [4.78, 5) is 12.7. The van der Waals surface area contributed by atoms with E-state index in [0.29, 0.717) is 16.1 Å². The molecule has 0 fully saturated rings. The number of rotatable bonds is 8. The molecule has 5 nitrogen and oxygen atoms in total. The quantitative estimate of drug-likeness (QED) is 0.636. The molecule has 1 amide bonds. The van der Waals surface area contributed by atoms with E-state index in [0.717, 1.165) is 43.2 Å². The lowest BCUT2D eigenvalue weighted by molar-refractivity contribution is -0.137. The zero-order chi connectivity index (χ0) is 22.5. The number of nitrogens with one attached hydrogen (secondary N) is 1. The van der Waals surface area contributed by atoms with Crippen molar-refractivity contribution in [2.24, 2.45) is 0 Å². The number of benzene rings is 2. The minimum atomic E-state index is -4.63. The molecule has 0 saturated heterocycles. The lowest BCUT2D eigenvalue weighted by atomic mass is 10.1. The van der Waals surface area contributed by atoms with Crippen molar-refractivity contribution in [3.63, 3.8) is 0 Å². The first-order chi connectivity index (χ1) is 13.9. The number of sulfonamides is 1. The zero-order valence-electron chi connectivity index (χ0n) is 17.0. The highest BCUT2D eigenvalue weighted by atomic mass is 32.2. The van der Waals surface area contributed by atoms with Crippen molar-refractivity contribution in [2.75, 3.05) is 15.9 Å². The van der Waals surface area contributed by atoms with Crippen LogP contribution in [0, 0.1) is 0 Å². The number of carbonyl (C=O) groups excluding carboxylic acids is 1. The van der Waals surface area contributed by atoms with E-state index in [-0.39, 0.29) is 5.69 Å². The highest BCUT2D eigenvalue weighted by Crippen LogP contribution is 2.33. The van der Waals surface area contributed by atoms with Crippen LogP contribution in [0.15, 0.2) is 48.5 Å². The molecule has 2 aromatic rings. The third-order valence-corrected chi connectivity index (χ3v) is 5.80. The summed E-state index contributed by atoms with van der Waals surface area (Å²) >= 11 is 0. The SMILES string of the molecule is CCCCc1ccc(NC(=O)[C@@H](C)N(c2cccc(C(F)(F)F)c2)S(C)(=O)=O)cc1. The maximum Gasteiger partial charge on any atom is 0.416 e. The Balaban J connectivity index is 2.25. The second-order valence-corrected chi connectivity index (χ2v) is 8.93. The number of hydrogen-bond donors (Lipinski definition) is 1. The number of hydrogen-bond acceptors (Lipinski definition) is 3. The van der Waals surface area contributed by atoms with Gasteiger partial charge in [-0.2, -0.15) is 13.2 Å². The number of anilines is 2. The Bertz CT molecular complexity index is 974. The zero-order valence-corrected chi connectivity index (χ0v) is 17.8. The summed E-state index contributed by atoms with van der Waals surface area (Å²) in [5.41, 5.74) is 0.364. The van der Waals surface area contributed by atoms with Crippen molar-refractivity contribution in [3.05, 3.63) is 59.7 Å². The van der Waals surface area contributed by atoms with E-state index < -0.39 is 33.7 Å². The van der Waals surface area contributed by atoms with Crippen LogP contribution >= 0.6 is 0 Å². The van der Waals surface area contributed by atoms with E-state index in [1.807, 2.05) is 12.1 Å². The predicted molar refractivity (Wildman–Crippen MR) is 112 cm³/mol. The van der Waals surface area contributed by atoms with Crippen molar-refractivity contribution in [2.45, 2.75) is 45.3 Å². The highest BCUT2D eigenvalue weighted by molar-refractivity contribution is 7.92. The van der Waals surface area contributed by atoms with Gasteiger partial charge in [0.05, 0.1) is 17.5 Å². The molecule has 30 heavy (non-hydrogen) atoms. The molecule has 0 aliphatic heterocycles. The Labute approximate surface area is 175 Å². The molecular formula is C21H25F3N2O3S. The number of unbranched alkanes of at least 4 members (excludes halogenated alkanes) is 1. The van der Waals surface area contributed by atoms with Crippen molar-refractivity contribution in [1.29, 1.82) is 0 Å². The summed E-state index contributed by atoms with van der Waals surface area (Å²) in [6.45, 7) is 3.42. The minimum absolute atomic E-state index is 0.232. The second kappa shape index (κ2) is 9.51. The number of halogens is 3. The molecule has 1 N–H and O–H groups in total. The van der Waals surface area contributed by atoms with Crippen molar-refractivity contribution >= 4 is 27.3 Å². The van der Waals surface area contributed by atoms with Crippen LogP contribution in [0.2, 0.25) is 0 Å². The molecule has 0 aromatic heterocycles. The average molecular weight is 443 g/mol. The van der Waals surface area contributed by atoms with Gasteiger partial charge in [-0.1, -0.05) is 31.5 Å². The van der Waals surface area contributed by atoms with Crippen LogP contribution in [0.25, 0.3) is 0 Å². The second-order valence-electron chi connectivity index (χ2n) is 7.07. The lowest BCUT2D eigenvalue weighted by Crippen LogP contribution is -2.45. The molecular weight excluding hydrogens is 417 g/mol. The van der Waals surface area contributed by atoms with Gasteiger partial charge in [0.25, 0.3) is 0 Å². The number of nitrogens with zero attached hydrogens (tertiary/aromatic N) is 1. The smallest absolute Gasteiger partial charge is 0.324 e. The normalized spacial score (nSPS) is 13.0. The molecule has 0 bridgehead atoms. The van der Waals surface area contributed by atoms with Gasteiger partial charge in [-0.25, -0.2) is 8.42 Å². The standard InChI is InChI=1S/C21H25F3N2O3S/c1-4-5-7-16-10-12-18(13-11-16)25-20(27)15(2)26(30(3,28)29)19-9-6-8-17(14-19)21(22,23)24/h6,8-15H,4-5,7H2,1-3H3,(H,25,27)/t15-/m1/s1. The molecule has 0 heterocycles. The maximum atomic E-state index is 13.0.